The topological polar surface area (TPSA) is 49.4 Å². The number of amides is 3. The number of carbonyl (C=O) groups is 2. The molecule has 1 N–H and O–H groups in total. The Morgan fingerprint density at radius 3 is 1.65 bits per heavy atom. The highest BCUT2D eigenvalue weighted by Crippen LogP contribution is 2.40. The predicted octanol–water partition coefficient (Wildman–Crippen LogP) is 2.64. The molecule has 0 aromatic heterocycles. The summed E-state index contributed by atoms with van der Waals surface area (Å²) in [6.07, 6.45) is 0. The Balaban J connectivity index is 2.30. The molecule has 0 aliphatic carbocycles. The molecule has 0 radical (unpaired) electrons. The third kappa shape index (κ3) is 1.62. The highest BCUT2D eigenvalue weighted by Gasteiger charge is 2.55. The first-order valence-electron chi connectivity index (χ1n) is 6.10. The Morgan fingerprint density at radius 1 is 0.850 bits per heavy atom. The van der Waals surface area contributed by atoms with Crippen molar-refractivity contribution in [1.82, 2.24) is 9.74 Å². The van der Waals surface area contributed by atoms with Crippen LogP contribution < -0.4 is 5.32 Å². The molecule has 0 unspecified atom stereocenters. The van der Waals surface area contributed by atoms with Gasteiger partial charge in [0.1, 0.15) is 0 Å². The first-order valence-corrected chi connectivity index (χ1v) is 6.43. The van der Waals surface area contributed by atoms with Crippen molar-refractivity contribution >= 4 is 23.7 Å². The number of halogens is 1. The number of carbonyl (C=O) groups excluding carboxylic acids is 2. The van der Waals surface area contributed by atoms with E-state index in [9.17, 15) is 9.59 Å². The number of nitrogens with one attached hydrogen (secondary N) is 1. The number of nitrogens with zero attached hydrogens (tertiary/aromatic N) is 1. The van der Waals surface area contributed by atoms with Gasteiger partial charge in [0.05, 0.1) is 0 Å². The maximum atomic E-state index is 12.5. The summed E-state index contributed by atoms with van der Waals surface area (Å²) in [5.74, 6) is -0.449. The molecule has 1 aliphatic rings. The van der Waals surface area contributed by atoms with E-state index in [-0.39, 0.29) is 0 Å². The van der Waals surface area contributed by atoms with Gasteiger partial charge >= 0.3 is 6.03 Å². The molecule has 1 saturated heterocycles. The van der Waals surface area contributed by atoms with E-state index in [0.717, 1.165) is 4.42 Å². The second kappa shape index (κ2) is 4.65. The van der Waals surface area contributed by atoms with E-state index < -0.39 is 17.5 Å². The zero-order chi connectivity index (χ0) is 14.2. The van der Waals surface area contributed by atoms with Gasteiger partial charge in [0.2, 0.25) is 0 Å². The Kier molecular flexibility index (Phi) is 2.95. The van der Waals surface area contributed by atoms with Crippen LogP contribution in [0.5, 0.6) is 0 Å². The van der Waals surface area contributed by atoms with Crippen molar-refractivity contribution in [3.63, 3.8) is 0 Å². The predicted molar refractivity (Wildman–Crippen MR) is 74.9 cm³/mol. The molecule has 2 aromatic rings. The monoisotopic (exact) mass is 286 g/mol. The Morgan fingerprint density at radius 2 is 1.30 bits per heavy atom. The molecule has 3 rings (SSSR count). The van der Waals surface area contributed by atoms with Crippen molar-refractivity contribution in [1.29, 1.82) is 0 Å². The minimum absolute atomic E-state index is 0.449. The SMILES string of the molecule is O=C1NC(=O)C(c2ccccc2)(c2ccccc2)N1Cl. The lowest BCUT2D eigenvalue weighted by Crippen LogP contribution is -2.43. The van der Waals surface area contributed by atoms with Crippen molar-refractivity contribution in [3.05, 3.63) is 71.8 Å². The van der Waals surface area contributed by atoms with Gasteiger partial charge in [-0.3, -0.25) is 10.1 Å². The molecule has 2 aromatic carbocycles. The third-order valence-corrected chi connectivity index (χ3v) is 3.81. The molecule has 0 spiro atoms. The van der Waals surface area contributed by atoms with E-state index in [1.54, 1.807) is 48.5 Å². The number of urea groups is 1. The fourth-order valence-electron chi connectivity index (χ4n) is 2.49. The summed E-state index contributed by atoms with van der Waals surface area (Å²) in [6, 6.07) is 17.4. The van der Waals surface area contributed by atoms with E-state index in [1.165, 1.54) is 0 Å². The van der Waals surface area contributed by atoms with Crippen LogP contribution in [-0.4, -0.2) is 16.4 Å². The zero-order valence-corrected chi connectivity index (χ0v) is 11.2. The summed E-state index contributed by atoms with van der Waals surface area (Å²) >= 11 is 6.15. The molecule has 4 nitrogen and oxygen atoms in total. The molecule has 3 amide bonds. The van der Waals surface area contributed by atoms with Gasteiger partial charge in [-0.15, -0.1) is 0 Å². The third-order valence-electron chi connectivity index (χ3n) is 3.40. The van der Waals surface area contributed by atoms with Gasteiger partial charge in [-0.1, -0.05) is 60.7 Å². The number of benzene rings is 2. The van der Waals surface area contributed by atoms with Crippen LogP contribution in [0.25, 0.3) is 0 Å². The van der Waals surface area contributed by atoms with Gasteiger partial charge in [0.15, 0.2) is 5.54 Å². The van der Waals surface area contributed by atoms with Crippen LogP contribution in [0, 0.1) is 0 Å². The maximum absolute atomic E-state index is 12.5. The van der Waals surface area contributed by atoms with Gasteiger partial charge < -0.3 is 0 Å². The maximum Gasteiger partial charge on any atom is 0.340 e. The van der Waals surface area contributed by atoms with Crippen LogP contribution in [0.2, 0.25) is 0 Å². The molecule has 5 heteroatoms. The summed E-state index contributed by atoms with van der Waals surface area (Å²) in [7, 11) is 0. The molecule has 100 valence electrons. The number of imide groups is 1. The van der Waals surface area contributed by atoms with E-state index in [2.05, 4.69) is 5.32 Å². The van der Waals surface area contributed by atoms with Gasteiger partial charge in [-0.05, 0) is 11.1 Å². The van der Waals surface area contributed by atoms with Crippen LogP contribution >= 0.6 is 11.8 Å². The van der Waals surface area contributed by atoms with Crippen molar-refractivity contribution in [3.8, 4) is 0 Å². The Bertz CT molecular complexity index is 619. The molecular formula is C15H11ClN2O2. The number of rotatable bonds is 2. The molecule has 0 atom stereocenters. The lowest BCUT2D eigenvalue weighted by atomic mass is 9.83. The fraction of sp³-hybridized carbons (Fsp3) is 0.0667. The average Bonchev–Trinajstić information content (AvgIpc) is 2.72. The van der Waals surface area contributed by atoms with Gasteiger partial charge in [-0.2, -0.15) is 0 Å². The van der Waals surface area contributed by atoms with Crippen molar-refractivity contribution in [2.45, 2.75) is 5.54 Å². The van der Waals surface area contributed by atoms with Crippen molar-refractivity contribution < 1.29 is 9.59 Å². The van der Waals surface area contributed by atoms with Crippen LogP contribution in [0.4, 0.5) is 4.79 Å². The first-order chi connectivity index (χ1) is 9.67. The summed E-state index contributed by atoms with van der Waals surface area (Å²) in [6.45, 7) is 0. The average molecular weight is 287 g/mol. The van der Waals surface area contributed by atoms with Gasteiger partial charge in [0, 0.05) is 11.8 Å². The zero-order valence-electron chi connectivity index (χ0n) is 10.4. The summed E-state index contributed by atoms with van der Waals surface area (Å²) < 4.78 is 0.931. The van der Waals surface area contributed by atoms with Crippen LogP contribution in [0.15, 0.2) is 60.7 Å². The smallest absolute Gasteiger partial charge is 0.274 e. The number of hydrogen-bond donors (Lipinski definition) is 1. The highest BCUT2D eigenvalue weighted by atomic mass is 35.5. The fourth-order valence-corrected chi connectivity index (χ4v) is 2.81. The molecule has 0 saturated carbocycles. The van der Waals surface area contributed by atoms with Crippen LogP contribution in [0.1, 0.15) is 11.1 Å². The van der Waals surface area contributed by atoms with E-state index >= 15 is 0 Å². The molecule has 1 aliphatic heterocycles. The largest absolute Gasteiger partial charge is 0.340 e. The standard InChI is InChI=1S/C15H11ClN2O2/c16-18-14(20)17-13(19)15(18,11-7-3-1-4-8-11)12-9-5-2-6-10-12/h1-10H,(H,17,19,20). The lowest BCUT2D eigenvalue weighted by molar-refractivity contribution is -0.124. The lowest BCUT2D eigenvalue weighted by Gasteiger charge is -2.31. The molecule has 0 bridgehead atoms. The van der Waals surface area contributed by atoms with Crippen molar-refractivity contribution in [2.24, 2.45) is 0 Å². The van der Waals surface area contributed by atoms with Crippen molar-refractivity contribution in [2.75, 3.05) is 0 Å². The minimum atomic E-state index is -1.33. The second-order valence-electron chi connectivity index (χ2n) is 4.48. The van der Waals surface area contributed by atoms with E-state index in [0.29, 0.717) is 11.1 Å². The molecule has 1 heterocycles. The molecule has 20 heavy (non-hydrogen) atoms. The molecular weight excluding hydrogens is 276 g/mol. The number of hydrogen-bond acceptors (Lipinski definition) is 2. The van der Waals surface area contributed by atoms with Crippen LogP contribution in [-0.2, 0) is 10.3 Å². The van der Waals surface area contributed by atoms with Gasteiger partial charge in [-0.25, -0.2) is 9.21 Å². The Hall–Kier alpha value is -2.33. The summed E-state index contributed by atoms with van der Waals surface area (Å²) in [4.78, 5) is 24.3. The minimum Gasteiger partial charge on any atom is -0.274 e. The quantitative estimate of drug-likeness (QED) is 0.681. The Labute approximate surface area is 121 Å². The normalized spacial score (nSPS) is 17.1. The summed E-state index contributed by atoms with van der Waals surface area (Å²) in [5.41, 5.74) is -0.0460. The van der Waals surface area contributed by atoms with E-state index in [1.807, 2.05) is 12.1 Å². The van der Waals surface area contributed by atoms with E-state index in [4.69, 9.17) is 11.8 Å². The van der Waals surface area contributed by atoms with Gasteiger partial charge in [0.25, 0.3) is 5.91 Å². The van der Waals surface area contributed by atoms with Crippen LogP contribution in [0.3, 0.4) is 0 Å². The second-order valence-corrected chi connectivity index (χ2v) is 4.82. The highest BCUT2D eigenvalue weighted by molar-refractivity contribution is 6.29. The summed E-state index contributed by atoms with van der Waals surface area (Å²) in [5, 5.41) is 2.27. The molecule has 1 fully saturated rings. The first kappa shape index (κ1) is 12.7.